The molecule has 0 saturated heterocycles. The molecule has 0 aliphatic rings. The third-order valence-electron chi connectivity index (χ3n) is 0.232. The topological polar surface area (TPSA) is 0 Å². The molecule has 0 rings (SSSR count). The van der Waals surface area contributed by atoms with Crippen molar-refractivity contribution < 1.29 is 4.39 Å². The summed E-state index contributed by atoms with van der Waals surface area (Å²) in [5.74, 6) is 0. The average molecular weight is 171 g/mol. The first-order valence-corrected chi connectivity index (χ1v) is 2.79. The first kappa shape index (κ1) is 6.50. The third-order valence-corrected chi connectivity index (χ3v) is 0.709. The first-order valence-electron chi connectivity index (χ1n) is 1.36. The van der Waals surface area contributed by atoms with Gasteiger partial charge in [-0.15, -0.1) is 12.6 Å². The summed E-state index contributed by atoms with van der Waals surface area (Å²) >= 11 is 6.28. The fourth-order valence-corrected chi connectivity index (χ4v) is 0.650. The van der Waals surface area contributed by atoms with E-state index in [1.54, 1.807) is 0 Å². The van der Waals surface area contributed by atoms with Crippen molar-refractivity contribution in [3.63, 3.8) is 0 Å². The molecule has 0 N–H and O–H groups in total. The largest absolute Gasteiger partial charge is 0.231 e. The van der Waals surface area contributed by atoms with Gasteiger partial charge in [-0.05, 0) is 11.1 Å². The molecule has 0 saturated carbocycles. The predicted molar refractivity (Wildman–Crippen MR) is 31.9 cm³/mol. The van der Waals surface area contributed by atoms with Crippen molar-refractivity contribution in [3.8, 4) is 0 Å². The zero-order valence-electron chi connectivity index (χ0n) is 2.94. The summed E-state index contributed by atoms with van der Waals surface area (Å²) in [6.45, 7) is 0. The van der Waals surface area contributed by atoms with E-state index in [9.17, 15) is 4.39 Å². The van der Waals surface area contributed by atoms with Crippen LogP contribution in [-0.2, 0) is 0 Å². The summed E-state index contributed by atoms with van der Waals surface area (Å²) in [5, 5.41) is 0. The molecule has 0 radical (unpaired) electrons. The van der Waals surface area contributed by atoms with E-state index in [4.69, 9.17) is 0 Å². The van der Waals surface area contributed by atoms with Gasteiger partial charge in [-0.25, -0.2) is 4.39 Å². The van der Waals surface area contributed by atoms with Crippen LogP contribution in [0.5, 0.6) is 0 Å². The number of thiol groups is 1. The van der Waals surface area contributed by atoms with Gasteiger partial charge in [0, 0.05) is 0 Å². The second kappa shape index (κ2) is 3.68. The first-order chi connectivity index (χ1) is 2.77. The Balaban J connectivity index is 3.03. The Labute approximate surface area is 50.0 Å². The van der Waals surface area contributed by atoms with Gasteiger partial charge in [-0.2, -0.15) is 0 Å². The van der Waals surface area contributed by atoms with Crippen molar-refractivity contribution in [3.05, 3.63) is 11.1 Å². The van der Waals surface area contributed by atoms with Gasteiger partial charge in [-0.1, -0.05) is 15.9 Å². The Kier molecular flexibility index (Phi) is 3.99. The summed E-state index contributed by atoms with van der Waals surface area (Å²) in [4.78, 5) is 1.44. The molecule has 0 nitrogen and oxygen atoms in total. The minimum Gasteiger partial charge on any atom is -0.231 e. The van der Waals surface area contributed by atoms with Crippen molar-refractivity contribution in [1.29, 1.82) is 0 Å². The monoisotopic (exact) mass is 170 g/mol. The Bertz CT molecular complexity index is 52.8. The summed E-state index contributed by atoms with van der Waals surface area (Å²) < 4.78 is 11.4. The highest BCUT2D eigenvalue weighted by atomic mass is 79.9. The number of alkyl halides is 1. The molecule has 3 heteroatoms. The summed E-state index contributed by atoms with van der Waals surface area (Å²) in [7, 11) is 0. The van der Waals surface area contributed by atoms with Crippen LogP contribution in [0.2, 0.25) is 0 Å². The van der Waals surface area contributed by atoms with Crippen LogP contribution < -0.4 is 0 Å². The number of hydrogen-bond acceptors (Lipinski definition) is 1. The van der Waals surface area contributed by atoms with Crippen LogP contribution in [0.1, 0.15) is 0 Å². The molecular formula is C3H4BrFS. The van der Waals surface area contributed by atoms with Crippen molar-refractivity contribution in [2.75, 3.05) is 0 Å². The third kappa shape index (κ3) is 4.50. The van der Waals surface area contributed by atoms with Crippen molar-refractivity contribution in [2.24, 2.45) is 0 Å². The Morgan fingerprint density at radius 1 is 1.83 bits per heavy atom. The minimum atomic E-state index is -1.13. The Hall–Kier alpha value is 0.500. The quantitative estimate of drug-likeness (QED) is 0.574. The van der Waals surface area contributed by atoms with E-state index in [1.807, 2.05) is 0 Å². The number of rotatable bonds is 1. The van der Waals surface area contributed by atoms with E-state index >= 15 is 0 Å². The van der Waals surface area contributed by atoms with Gasteiger partial charge in [0.05, 0.1) is 0 Å². The molecular weight excluding hydrogens is 167 g/mol. The van der Waals surface area contributed by atoms with E-state index in [0.717, 1.165) is 0 Å². The van der Waals surface area contributed by atoms with E-state index in [-0.39, 0.29) is 0 Å². The molecule has 0 aliphatic heterocycles. The van der Waals surface area contributed by atoms with Crippen molar-refractivity contribution in [2.45, 2.75) is 5.50 Å². The molecule has 0 spiro atoms. The van der Waals surface area contributed by atoms with Crippen molar-refractivity contribution in [1.82, 2.24) is 0 Å². The molecule has 0 aromatic carbocycles. The molecule has 0 aromatic heterocycles. The molecule has 0 aromatic rings. The molecule has 36 valence electrons. The van der Waals surface area contributed by atoms with Gasteiger partial charge in [0.1, 0.15) is 0 Å². The van der Waals surface area contributed by atoms with E-state index in [0.29, 0.717) is 0 Å². The highest BCUT2D eigenvalue weighted by molar-refractivity contribution is 9.11. The van der Waals surface area contributed by atoms with Gasteiger partial charge >= 0.3 is 0 Å². The maximum atomic E-state index is 11.4. The maximum absolute atomic E-state index is 11.4. The summed E-state index contributed by atoms with van der Waals surface area (Å²) in [5.41, 5.74) is -1.13. The highest BCUT2D eigenvalue weighted by Gasteiger charge is 1.83. The van der Waals surface area contributed by atoms with E-state index in [2.05, 4.69) is 28.6 Å². The molecule has 0 heterocycles. The van der Waals surface area contributed by atoms with Crippen molar-refractivity contribution >= 4 is 28.6 Å². The minimum absolute atomic E-state index is 1.13. The lowest BCUT2D eigenvalue weighted by molar-refractivity contribution is 0.524. The molecule has 0 fully saturated rings. The normalized spacial score (nSPS) is 15.8. The molecule has 1 unspecified atom stereocenters. The van der Waals surface area contributed by atoms with Crippen LogP contribution in [0.15, 0.2) is 11.1 Å². The molecule has 0 amide bonds. The lowest BCUT2D eigenvalue weighted by Crippen LogP contribution is -1.73. The fourth-order valence-electron chi connectivity index (χ4n) is 0.0600. The second-order valence-corrected chi connectivity index (χ2v) is 1.71. The number of halogens is 2. The van der Waals surface area contributed by atoms with Crippen LogP contribution in [0, 0.1) is 0 Å². The Morgan fingerprint density at radius 2 is 2.33 bits per heavy atom. The zero-order chi connectivity index (χ0) is 4.99. The van der Waals surface area contributed by atoms with Gasteiger partial charge in [0.2, 0.25) is 0 Å². The van der Waals surface area contributed by atoms with Gasteiger partial charge < -0.3 is 0 Å². The summed E-state index contributed by atoms with van der Waals surface area (Å²) in [6.07, 6.45) is 1.28. The van der Waals surface area contributed by atoms with Crippen LogP contribution in [0.25, 0.3) is 0 Å². The molecule has 0 bridgehead atoms. The molecule has 1 atom stereocenters. The van der Waals surface area contributed by atoms with Crippen LogP contribution >= 0.6 is 28.6 Å². The van der Waals surface area contributed by atoms with Crippen LogP contribution in [-0.4, -0.2) is 5.50 Å². The molecule has 6 heavy (non-hydrogen) atoms. The van der Waals surface area contributed by atoms with E-state index in [1.165, 1.54) is 11.1 Å². The standard InChI is InChI=1S/C3H4BrFS/c4-2-1-3(5)6/h1-3,6H. The van der Waals surface area contributed by atoms with Gasteiger partial charge in [0.25, 0.3) is 0 Å². The smallest absolute Gasteiger partial charge is 0.162 e. The SMILES string of the molecule is FC(S)C=CBr. The highest BCUT2D eigenvalue weighted by Crippen LogP contribution is 1.98. The zero-order valence-corrected chi connectivity index (χ0v) is 5.42. The summed E-state index contributed by atoms with van der Waals surface area (Å²) in [6, 6.07) is 0. The second-order valence-electron chi connectivity index (χ2n) is 0.691. The maximum Gasteiger partial charge on any atom is 0.162 e. The lowest BCUT2D eigenvalue weighted by Gasteiger charge is -1.81. The number of hydrogen-bond donors (Lipinski definition) is 1. The van der Waals surface area contributed by atoms with Crippen LogP contribution in [0.4, 0.5) is 4.39 Å². The predicted octanol–water partition coefficient (Wildman–Crippen LogP) is 2.12. The van der Waals surface area contributed by atoms with Gasteiger partial charge in [0.15, 0.2) is 5.50 Å². The van der Waals surface area contributed by atoms with Crippen LogP contribution in [0.3, 0.4) is 0 Å². The lowest BCUT2D eigenvalue weighted by atomic mass is 10.7. The Morgan fingerprint density at radius 3 is 2.33 bits per heavy atom. The average Bonchev–Trinajstić information content (AvgIpc) is 1.35. The molecule has 0 aliphatic carbocycles. The van der Waals surface area contributed by atoms with E-state index < -0.39 is 5.50 Å². The fraction of sp³-hybridized carbons (Fsp3) is 0.333. The van der Waals surface area contributed by atoms with Gasteiger partial charge in [-0.3, -0.25) is 0 Å².